The quantitative estimate of drug-likeness (QED) is 0.689. The average Bonchev–Trinajstić information content (AvgIpc) is 2.14. The van der Waals surface area contributed by atoms with Crippen molar-refractivity contribution in [1.82, 2.24) is 15.0 Å². The number of nitriles is 1. The summed E-state index contributed by atoms with van der Waals surface area (Å²) >= 11 is 0. The number of nitrogen functional groups attached to an aromatic ring is 1. The highest BCUT2D eigenvalue weighted by Crippen LogP contribution is 2.03. The summed E-state index contributed by atoms with van der Waals surface area (Å²) in [5.41, 5.74) is 5.37. The number of anilines is 2. The zero-order chi connectivity index (χ0) is 9.68. The topological polar surface area (TPSA) is 91.7 Å². The Kier molecular flexibility index (Phi) is 2.97. The van der Waals surface area contributed by atoms with Gasteiger partial charge >= 0.3 is 0 Å². The number of hydrogen-bond donors (Lipinski definition) is 1. The molecular weight excluding hydrogens is 168 g/mol. The van der Waals surface area contributed by atoms with E-state index in [4.69, 9.17) is 11.0 Å². The molecule has 13 heavy (non-hydrogen) atoms. The Morgan fingerprint density at radius 3 is 3.00 bits per heavy atom. The lowest BCUT2D eigenvalue weighted by molar-refractivity contribution is 0.849. The lowest BCUT2D eigenvalue weighted by Crippen LogP contribution is -2.21. The first-order valence-corrected chi connectivity index (χ1v) is 3.76. The van der Waals surface area contributed by atoms with Gasteiger partial charge in [-0.05, 0) is 0 Å². The maximum Gasteiger partial charge on any atom is 0.229 e. The van der Waals surface area contributed by atoms with E-state index in [1.54, 1.807) is 11.9 Å². The van der Waals surface area contributed by atoms with Crippen LogP contribution in [0.5, 0.6) is 0 Å². The third-order valence-corrected chi connectivity index (χ3v) is 1.48. The third-order valence-electron chi connectivity index (χ3n) is 1.48. The van der Waals surface area contributed by atoms with Gasteiger partial charge < -0.3 is 10.6 Å². The second-order valence-electron chi connectivity index (χ2n) is 2.47. The zero-order valence-electron chi connectivity index (χ0n) is 7.30. The summed E-state index contributed by atoms with van der Waals surface area (Å²) in [6, 6.07) is 2.04. The fraction of sp³-hybridized carbons (Fsp3) is 0.429. The molecule has 68 valence electrons. The lowest BCUT2D eigenvalue weighted by atomic mass is 10.4. The molecule has 0 aliphatic rings. The number of hydrogen-bond acceptors (Lipinski definition) is 6. The highest BCUT2D eigenvalue weighted by molar-refractivity contribution is 5.31. The lowest BCUT2D eigenvalue weighted by Gasteiger charge is -2.14. The Bertz CT molecular complexity index is 317. The van der Waals surface area contributed by atoms with Crippen molar-refractivity contribution in [1.29, 1.82) is 5.26 Å². The molecule has 0 unspecified atom stereocenters. The van der Waals surface area contributed by atoms with Crippen LogP contribution in [0.1, 0.15) is 6.42 Å². The fourth-order valence-corrected chi connectivity index (χ4v) is 0.801. The average molecular weight is 178 g/mol. The van der Waals surface area contributed by atoms with Crippen molar-refractivity contribution in [2.75, 3.05) is 24.2 Å². The number of nitrogens with zero attached hydrogens (tertiary/aromatic N) is 5. The molecule has 0 bridgehead atoms. The van der Waals surface area contributed by atoms with Gasteiger partial charge in [0.2, 0.25) is 11.9 Å². The molecule has 0 aromatic carbocycles. The van der Waals surface area contributed by atoms with Crippen LogP contribution in [-0.4, -0.2) is 28.5 Å². The molecule has 1 aromatic rings. The molecule has 1 aromatic heterocycles. The summed E-state index contributed by atoms with van der Waals surface area (Å²) < 4.78 is 0. The molecule has 0 radical (unpaired) electrons. The summed E-state index contributed by atoms with van der Waals surface area (Å²) in [7, 11) is 1.80. The molecule has 1 heterocycles. The minimum absolute atomic E-state index is 0.189. The molecule has 1 rings (SSSR count). The molecule has 0 atom stereocenters. The fourth-order valence-electron chi connectivity index (χ4n) is 0.801. The molecule has 6 heteroatoms. The van der Waals surface area contributed by atoms with Gasteiger partial charge in [0.1, 0.15) is 6.33 Å². The standard InChI is InChI=1S/C7H10N6/c1-13(4-2-3-8)7-11-5-10-6(9)12-7/h5H,2,4H2,1H3,(H2,9,10,11,12). The van der Waals surface area contributed by atoms with Crippen LogP contribution < -0.4 is 10.6 Å². The molecule has 0 amide bonds. The SMILES string of the molecule is CN(CCC#N)c1ncnc(N)n1. The summed E-state index contributed by atoms with van der Waals surface area (Å²) in [5.74, 6) is 0.677. The van der Waals surface area contributed by atoms with Crippen LogP contribution >= 0.6 is 0 Å². The van der Waals surface area contributed by atoms with Crippen molar-refractivity contribution >= 4 is 11.9 Å². The van der Waals surface area contributed by atoms with E-state index in [1.165, 1.54) is 6.33 Å². The highest BCUT2D eigenvalue weighted by atomic mass is 15.3. The molecule has 0 spiro atoms. The predicted octanol–water partition coefficient (Wildman–Crippen LogP) is -0.196. The van der Waals surface area contributed by atoms with Gasteiger partial charge in [-0.2, -0.15) is 10.2 Å². The molecule has 0 fully saturated rings. The minimum Gasteiger partial charge on any atom is -0.368 e. The second kappa shape index (κ2) is 4.21. The van der Waals surface area contributed by atoms with Crippen LogP contribution in [0.15, 0.2) is 6.33 Å². The van der Waals surface area contributed by atoms with Crippen LogP contribution in [0.2, 0.25) is 0 Å². The van der Waals surface area contributed by atoms with E-state index in [0.29, 0.717) is 18.9 Å². The Hall–Kier alpha value is -1.90. The van der Waals surface area contributed by atoms with Gasteiger partial charge in [-0.3, -0.25) is 0 Å². The summed E-state index contributed by atoms with van der Waals surface area (Å²) in [4.78, 5) is 13.2. The Morgan fingerprint density at radius 2 is 2.38 bits per heavy atom. The van der Waals surface area contributed by atoms with Crippen molar-refractivity contribution in [2.24, 2.45) is 0 Å². The van der Waals surface area contributed by atoms with Crippen LogP contribution in [0, 0.1) is 11.3 Å². The summed E-state index contributed by atoms with van der Waals surface area (Å²) in [5, 5.41) is 8.36. The summed E-state index contributed by atoms with van der Waals surface area (Å²) in [6.45, 7) is 0.583. The van der Waals surface area contributed by atoms with E-state index < -0.39 is 0 Å². The maximum atomic E-state index is 8.36. The molecule has 6 nitrogen and oxygen atoms in total. The normalized spacial score (nSPS) is 9.23. The molecule has 0 saturated carbocycles. The van der Waals surface area contributed by atoms with Gasteiger partial charge in [-0.15, -0.1) is 0 Å². The van der Waals surface area contributed by atoms with Crippen LogP contribution in [-0.2, 0) is 0 Å². The van der Waals surface area contributed by atoms with E-state index in [0.717, 1.165) is 0 Å². The number of nitrogens with two attached hydrogens (primary N) is 1. The first-order valence-electron chi connectivity index (χ1n) is 3.76. The van der Waals surface area contributed by atoms with Crippen LogP contribution in [0.25, 0.3) is 0 Å². The minimum atomic E-state index is 0.189. The van der Waals surface area contributed by atoms with Crippen molar-refractivity contribution in [3.05, 3.63) is 6.33 Å². The summed E-state index contributed by atoms with van der Waals surface area (Å²) in [6.07, 6.45) is 1.78. The third kappa shape index (κ3) is 2.56. The molecular formula is C7H10N6. The van der Waals surface area contributed by atoms with Crippen LogP contribution in [0.3, 0.4) is 0 Å². The van der Waals surface area contributed by atoms with Crippen molar-refractivity contribution < 1.29 is 0 Å². The van der Waals surface area contributed by atoms with Gasteiger partial charge in [0.25, 0.3) is 0 Å². The number of rotatable bonds is 3. The maximum absolute atomic E-state index is 8.36. The van der Waals surface area contributed by atoms with Crippen molar-refractivity contribution in [3.8, 4) is 6.07 Å². The molecule has 2 N–H and O–H groups in total. The van der Waals surface area contributed by atoms with Crippen LogP contribution in [0.4, 0.5) is 11.9 Å². The van der Waals surface area contributed by atoms with E-state index in [-0.39, 0.29) is 5.95 Å². The van der Waals surface area contributed by atoms with Gasteiger partial charge in [0.05, 0.1) is 12.5 Å². The Morgan fingerprint density at radius 1 is 1.62 bits per heavy atom. The smallest absolute Gasteiger partial charge is 0.229 e. The first kappa shape index (κ1) is 9.19. The Balaban J connectivity index is 2.66. The first-order chi connectivity index (χ1) is 6.24. The van der Waals surface area contributed by atoms with E-state index in [2.05, 4.69) is 15.0 Å². The van der Waals surface area contributed by atoms with Gasteiger partial charge in [0.15, 0.2) is 0 Å². The van der Waals surface area contributed by atoms with E-state index in [1.807, 2.05) is 6.07 Å². The van der Waals surface area contributed by atoms with Crippen molar-refractivity contribution in [2.45, 2.75) is 6.42 Å². The van der Waals surface area contributed by atoms with Gasteiger partial charge in [-0.25, -0.2) is 9.97 Å². The monoisotopic (exact) mass is 178 g/mol. The zero-order valence-corrected chi connectivity index (χ0v) is 7.30. The molecule has 0 saturated heterocycles. The largest absolute Gasteiger partial charge is 0.368 e. The predicted molar refractivity (Wildman–Crippen MR) is 47.7 cm³/mol. The van der Waals surface area contributed by atoms with E-state index in [9.17, 15) is 0 Å². The Labute approximate surface area is 76.0 Å². The van der Waals surface area contributed by atoms with Crippen molar-refractivity contribution in [3.63, 3.8) is 0 Å². The van der Waals surface area contributed by atoms with Gasteiger partial charge in [0, 0.05) is 13.6 Å². The van der Waals surface area contributed by atoms with E-state index >= 15 is 0 Å². The van der Waals surface area contributed by atoms with Gasteiger partial charge in [-0.1, -0.05) is 0 Å². The highest BCUT2D eigenvalue weighted by Gasteiger charge is 2.03. The second-order valence-corrected chi connectivity index (χ2v) is 2.47. The molecule has 0 aliphatic carbocycles. The number of aromatic nitrogens is 3. The molecule has 0 aliphatic heterocycles.